The zero-order valence-corrected chi connectivity index (χ0v) is 11.3. The number of ether oxygens (including phenoxy) is 2. The van der Waals surface area contributed by atoms with Crippen molar-refractivity contribution in [3.63, 3.8) is 0 Å². The molecule has 3 N–H and O–H groups in total. The summed E-state index contributed by atoms with van der Waals surface area (Å²) in [6.45, 7) is 2.25. The van der Waals surface area contributed by atoms with Gasteiger partial charge in [-0.15, -0.1) is 0 Å². The largest absolute Gasteiger partial charge is 0.497 e. The number of nitrogens with one attached hydrogen (secondary N) is 1. The first-order chi connectivity index (χ1) is 8.80. The number of benzene rings is 1. The molecule has 0 aliphatic carbocycles. The van der Waals surface area contributed by atoms with Gasteiger partial charge in [0.1, 0.15) is 5.75 Å². The predicted molar refractivity (Wildman–Crippen MR) is 73.8 cm³/mol. The van der Waals surface area contributed by atoms with Gasteiger partial charge in [-0.05, 0) is 37.1 Å². The number of nitrogens with two attached hydrogens (primary N) is 1. The van der Waals surface area contributed by atoms with Crippen molar-refractivity contribution < 1.29 is 9.47 Å². The van der Waals surface area contributed by atoms with Crippen LogP contribution in [0, 0.1) is 0 Å². The Hall–Kier alpha value is -1.10. The molecule has 0 radical (unpaired) electrons. The maximum Gasteiger partial charge on any atom is 0.119 e. The highest BCUT2D eigenvalue weighted by Gasteiger charge is 2.07. The molecule has 0 aromatic heterocycles. The second kappa shape index (κ2) is 8.91. The molecule has 0 saturated carbocycles. The molecule has 0 aliphatic heterocycles. The summed E-state index contributed by atoms with van der Waals surface area (Å²) in [6.07, 6.45) is 2.05. The van der Waals surface area contributed by atoms with Gasteiger partial charge in [-0.2, -0.15) is 0 Å². The van der Waals surface area contributed by atoms with Crippen molar-refractivity contribution in [3.05, 3.63) is 29.8 Å². The Labute approximate surface area is 109 Å². The summed E-state index contributed by atoms with van der Waals surface area (Å²) < 4.78 is 10.4. The smallest absolute Gasteiger partial charge is 0.119 e. The van der Waals surface area contributed by atoms with E-state index in [0.717, 1.165) is 31.7 Å². The SMILES string of the molecule is COCC(CCCN)NCc1cccc(OC)c1. The van der Waals surface area contributed by atoms with E-state index in [-0.39, 0.29) is 0 Å². The van der Waals surface area contributed by atoms with Crippen molar-refractivity contribution in [2.45, 2.75) is 25.4 Å². The molecule has 0 spiro atoms. The minimum atomic E-state index is 0.352. The lowest BCUT2D eigenvalue weighted by Gasteiger charge is -2.17. The highest BCUT2D eigenvalue weighted by Crippen LogP contribution is 2.12. The number of hydrogen-bond donors (Lipinski definition) is 2. The zero-order chi connectivity index (χ0) is 13.2. The Morgan fingerprint density at radius 1 is 1.33 bits per heavy atom. The van der Waals surface area contributed by atoms with E-state index in [9.17, 15) is 0 Å². The molecule has 4 nitrogen and oxygen atoms in total. The van der Waals surface area contributed by atoms with Crippen LogP contribution >= 0.6 is 0 Å². The first-order valence-corrected chi connectivity index (χ1v) is 6.35. The summed E-state index contributed by atoms with van der Waals surface area (Å²) >= 11 is 0. The van der Waals surface area contributed by atoms with Crippen LogP contribution in [0.5, 0.6) is 5.75 Å². The lowest BCUT2D eigenvalue weighted by molar-refractivity contribution is 0.161. The molecule has 0 fully saturated rings. The number of rotatable bonds is 9. The van der Waals surface area contributed by atoms with E-state index in [4.69, 9.17) is 15.2 Å². The molecule has 0 bridgehead atoms. The molecule has 1 aromatic carbocycles. The van der Waals surface area contributed by atoms with Crippen LogP contribution in [-0.2, 0) is 11.3 Å². The maximum absolute atomic E-state index is 5.53. The van der Waals surface area contributed by atoms with Crippen molar-refractivity contribution in [3.8, 4) is 5.75 Å². The van der Waals surface area contributed by atoms with Crippen LogP contribution in [0.25, 0.3) is 0 Å². The molecule has 18 heavy (non-hydrogen) atoms. The molecule has 0 aliphatic rings. The molecule has 1 rings (SSSR count). The van der Waals surface area contributed by atoms with Gasteiger partial charge in [-0.1, -0.05) is 12.1 Å². The van der Waals surface area contributed by atoms with Crippen LogP contribution in [0.1, 0.15) is 18.4 Å². The summed E-state index contributed by atoms with van der Waals surface area (Å²) in [4.78, 5) is 0. The lowest BCUT2D eigenvalue weighted by atomic mass is 10.1. The van der Waals surface area contributed by atoms with Gasteiger partial charge in [0.15, 0.2) is 0 Å². The van der Waals surface area contributed by atoms with Gasteiger partial charge in [0, 0.05) is 19.7 Å². The second-order valence-corrected chi connectivity index (χ2v) is 4.32. The van der Waals surface area contributed by atoms with Gasteiger partial charge < -0.3 is 20.5 Å². The summed E-state index contributed by atoms with van der Waals surface area (Å²) in [5.41, 5.74) is 6.74. The molecule has 102 valence electrons. The van der Waals surface area contributed by atoms with Gasteiger partial charge >= 0.3 is 0 Å². The minimum Gasteiger partial charge on any atom is -0.497 e. The Balaban J connectivity index is 2.44. The Morgan fingerprint density at radius 2 is 2.17 bits per heavy atom. The molecule has 0 amide bonds. The van der Waals surface area contributed by atoms with Crippen LogP contribution in [0.4, 0.5) is 0 Å². The molecule has 0 heterocycles. The predicted octanol–water partition coefficient (Wildman–Crippen LogP) is 1.54. The van der Waals surface area contributed by atoms with Crippen molar-refractivity contribution >= 4 is 0 Å². The first kappa shape index (κ1) is 15.0. The van der Waals surface area contributed by atoms with E-state index < -0.39 is 0 Å². The summed E-state index contributed by atoms with van der Waals surface area (Å²) in [6, 6.07) is 8.43. The molecular formula is C14H24N2O2. The third-order valence-electron chi connectivity index (χ3n) is 2.85. The lowest BCUT2D eigenvalue weighted by Crippen LogP contribution is -2.33. The molecule has 0 saturated heterocycles. The summed E-state index contributed by atoms with van der Waals surface area (Å²) in [5.74, 6) is 0.888. The third kappa shape index (κ3) is 5.49. The van der Waals surface area contributed by atoms with Crippen molar-refractivity contribution in [1.29, 1.82) is 0 Å². The van der Waals surface area contributed by atoms with E-state index in [0.29, 0.717) is 12.6 Å². The van der Waals surface area contributed by atoms with E-state index in [1.807, 2.05) is 18.2 Å². The third-order valence-corrected chi connectivity index (χ3v) is 2.85. The summed E-state index contributed by atoms with van der Waals surface area (Å²) in [7, 11) is 3.41. The van der Waals surface area contributed by atoms with Gasteiger partial charge in [0.25, 0.3) is 0 Å². The molecule has 1 atom stereocenters. The normalized spacial score (nSPS) is 12.4. The van der Waals surface area contributed by atoms with Gasteiger partial charge in [0.2, 0.25) is 0 Å². The topological polar surface area (TPSA) is 56.5 Å². The molecule has 1 unspecified atom stereocenters. The van der Waals surface area contributed by atoms with Gasteiger partial charge in [-0.3, -0.25) is 0 Å². The monoisotopic (exact) mass is 252 g/mol. The maximum atomic E-state index is 5.53. The van der Waals surface area contributed by atoms with Crippen molar-refractivity contribution in [2.75, 3.05) is 27.4 Å². The van der Waals surface area contributed by atoms with E-state index in [1.165, 1.54) is 5.56 Å². The number of methoxy groups -OCH3 is 2. The zero-order valence-electron chi connectivity index (χ0n) is 11.3. The summed E-state index contributed by atoms with van der Waals surface area (Å²) in [5, 5.41) is 3.49. The van der Waals surface area contributed by atoms with Crippen LogP contribution < -0.4 is 15.8 Å². The quantitative estimate of drug-likeness (QED) is 0.700. The standard InChI is InChI=1S/C14H24N2O2/c1-17-11-13(6-4-8-15)16-10-12-5-3-7-14(9-12)18-2/h3,5,7,9,13,16H,4,6,8,10-11,15H2,1-2H3. The van der Waals surface area contributed by atoms with E-state index in [2.05, 4.69) is 11.4 Å². The molecule has 1 aromatic rings. The minimum absolute atomic E-state index is 0.352. The highest BCUT2D eigenvalue weighted by atomic mass is 16.5. The average Bonchev–Trinajstić information content (AvgIpc) is 2.42. The van der Waals surface area contributed by atoms with Crippen molar-refractivity contribution in [2.24, 2.45) is 5.73 Å². The van der Waals surface area contributed by atoms with Crippen LogP contribution in [0.2, 0.25) is 0 Å². The fourth-order valence-corrected chi connectivity index (χ4v) is 1.85. The Kier molecular flexibility index (Phi) is 7.41. The van der Waals surface area contributed by atoms with Crippen LogP contribution in [0.15, 0.2) is 24.3 Å². The van der Waals surface area contributed by atoms with Gasteiger partial charge in [-0.25, -0.2) is 0 Å². The van der Waals surface area contributed by atoms with Crippen molar-refractivity contribution in [1.82, 2.24) is 5.32 Å². The second-order valence-electron chi connectivity index (χ2n) is 4.32. The highest BCUT2D eigenvalue weighted by molar-refractivity contribution is 5.28. The molecule has 4 heteroatoms. The fraction of sp³-hybridized carbons (Fsp3) is 0.571. The Morgan fingerprint density at radius 3 is 2.83 bits per heavy atom. The van der Waals surface area contributed by atoms with Crippen LogP contribution in [-0.4, -0.2) is 33.4 Å². The first-order valence-electron chi connectivity index (χ1n) is 6.35. The fourth-order valence-electron chi connectivity index (χ4n) is 1.85. The molecular weight excluding hydrogens is 228 g/mol. The van der Waals surface area contributed by atoms with Crippen LogP contribution in [0.3, 0.4) is 0 Å². The van der Waals surface area contributed by atoms with E-state index >= 15 is 0 Å². The van der Waals surface area contributed by atoms with Gasteiger partial charge in [0.05, 0.1) is 13.7 Å². The average molecular weight is 252 g/mol. The number of hydrogen-bond acceptors (Lipinski definition) is 4. The van der Waals surface area contributed by atoms with E-state index in [1.54, 1.807) is 14.2 Å². The Bertz CT molecular complexity index is 331.